The second-order valence-electron chi connectivity index (χ2n) is 25.0. The van der Waals surface area contributed by atoms with Crippen molar-refractivity contribution in [3.05, 3.63) is 130 Å². The molecule has 0 radical (unpaired) electrons. The molecule has 528 valence electrons. The van der Waals surface area contributed by atoms with Gasteiger partial charge in [0.05, 0.1) is 48.3 Å². The number of carboxylic acid groups (broad SMARTS) is 1. The summed E-state index contributed by atoms with van der Waals surface area (Å²) in [6.45, 7) is 22.3. The number of nitriles is 1. The van der Waals surface area contributed by atoms with Gasteiger partial charge in [-0.2, -0.15) is 44.5 Å². The van der Waals surface area contributed by atoms with E-state index in [2.05, 4.69) is 82.3 Å². The number of rotatable bonds is 13. The van der Waals surface area contributed by atoms with Crippen molar-refractivity contribution in [3.8, 4) is 55.6 Å². The topological polar surface area (TPSA) is 272 Å². The highest BCUT2D eigenvalue weighted by atomic mass is 35.6. The molecule has 5 N–H and O–H groups in total. The van der Waals surface area contributed by atoms with E-state index in [1.165, 1.54) is 53.9 Å². The molecular weight excluding hydrogens is 1360 g/mol. The number of thiazole rings is 2. The number of hydrogen-bond donors (Lipinski definition) is 5. The first kappa shape index (κ1) is 75.7. The lowest BCUT2D eigenvalue weighted by molar-refractivity contribution is -0.192. The Labute approximate surface area is 585 Å². The standard InChI is InChI=1S/C33H39FN8O3S.C27H29FN8OS.C3H9ClSi.C2HF3O2.C2H3N/c1-33(2,3)45-32(43)42-14-6-7-24(20-42)36-28-27(30-37-26(21-46-30)22-9-11-23(34)12-10-22)29(44-4)39-31(38-28)41-17-15-40(16-18-41)25-8-5-13-35-19-25;28-19-7-5-18(6-8-19)22-17-38-26(32-22)23-24(31-20-3-1-9-29-15-20)33-27(34-25(23)37)36-13-11-35(12-14-36)21-4-2-10-30-16-21;1-5(2,3)4;3-2(4,5)1(6)7;1-2-3/h5,8-13,19,21,24H,6-7,14-18,20H2,1-4H3,(H,36,38,39);2,4-8,10,16-17,20,29H,1,3,9,11-15H2,(H2,31,33,34,37);1-3H3;(H,6,7);1H3/t24-;20-;;;/m11.../s1. The van der Waals surface area contributed by atoms with E-state index < -0.39 is 25.1 Å². The summed E-state index contributed by atoms with van der Waals surface area (Å²) in [5, 5.41) is 30.1. The molecule has 23 nitrogen and oxygen atoms in total. The van der Waals surface area contributed by atoms with Gasteiger partial charge < -0.3 is 55.0 Å². The fraction of sp³-hybridized carbons (Fsp3) is 0.418. The van der Waals surface area contributed by atoms with Crippen molar-refractivity contribution >= 4 is 88.1 Å². The van der Waals surface area contributed by atoms with Crippen LogP contribution in [0.5, 0.6) is 5.88 Å². The number of H-pyrrole nitrogens is 1. The summed E-state index contributed by atoms with van der Waals surface area (Å²) in [5.74, 6) is -0.690. The molecule has 1 amide bonds. The van der Waals surface area contributed by atoms with Crippen LogP contribution in [0.15, 0.2) is 113 Å². The lowest BCUT2D eigenvalue weighted by atomic mass is 10.1. The van der Waals surface area contributed by atoms with Crippen LogP contribution in [-0.2, 0) is 9.53 Å². The third-order valence-electron chi connectivity index (χ3n) is 15.1. The van der Waals surface area contributed by atoms with Crippen LogP contribution in [0.25, 0.3) is 43.7 Å². The van der Waals surface area contributed by atoms with Gasteiger partial charge in [-0.15, -0.1) is 22.7 Å². The molecule has 0 bridgehead atoms. The van der Waals surface area contributed by atoms with Crippen LogP contribution < -0.4 is 45.8 Å². The Kier molecular flexibility index (Phi) is 26.8. The first-order chi connectivity index (χ1) is 47.2. The summed E-state index contributed by atoms with van der Waals surface area (Å²) in [4.78, 5) is 82.0. The average molecular weight is 1440 g/mol. The number of aromatic nitrogens is 8. The van der Waals surface area contributed by atoms with E-state index in [0.29, 0.717) is 69.3 Å². The normalized spacial score (nSPS) is 16.4. The van der Waals surface area contributed by atoms with Crippen molar-refractivity contribution in [2.45, 2.75) is 96.9 Å². The molecule has 12 rings (SSSR count). The molecule has 6 aromatic heterocycles. The number of piperazine rings is 2. The zero-order valence-corrected chi connectivity index (χ0v) is 59.6. The molecular formula is C67H81ClF5N17O6S2Si. The van der Waals surface area contributed by atoms with E-state index in [-0.39, 0.29) is 35.4 Å². The van der Waals surface area contributed by atoms with Crippen LogP contribution in [-0.4, -0.2) is 179 Å². The summed E-state index contributed by atoms with van der Waals surface area (Å²) in [6.07, 6.45) is 5.63. The van der Waals surface area contributed by atoms with Gasteiger partial charge in [0.25, 0.3) is 5.56 Å². The molecule has 2 aromatic carbocycles. The molecule has 0 spiro atoms. The molecule has 0 unspecified atom stereocenters. The molecule has 4 saturated heterocycles. The SMILES string of the molecule is CC#N.COc1nc(N2CCN(c3cccnc3)CC2)nc(N[C@@H]2CCCN(C(=O)OC(C)(C)C)C2)c1-c1nc(-c2ccc(F)cc2)cs1.C[Si](C)(C)Cl.O=C(O)C(F)(F)F.O=c1[nH]c(N2CCN(c3cccnc3)CC2)nc(N[C@@H]2CCCNC2)c1-c1nc(-c2ccc(F)cc2)cs1. The van der Waals surface area contributed by atoms with Crippen molar-refractivity contribution in [2.75, 3.05) is 116 Å². The van der Waals surface area contributed by atoms with E-state index in [1.54, 1.807) is 54.7 Å². The number of methoxy groups -OCH3 is 1. The maximum Gasteiger partial charge on any atom is 0.490 e. The second-order valence-corrected chi connectivity index (χ2v) is 34.3. The van der Waals surface area contributed by atoms with Crippen molar-refractivity contribution in [1.29, 1.82) is 5.26 Å². The van der Waals surface area contributed by atoms with Crippen LogP contribution in [0.3, 0.4) is 0 Å². The number of carboxylic acids is 1. The highest BCUT2D eigenvalue weighted by Gasteiger charge is 2.38. The number of likely N-dealkylation sites (tertiary alicyclic amines) is 1. The molecule has 4 aliphatic rings. The number of aromatic amines is 1. The van der Waals surface area contributed by atoms with Crippen LogP contribution in [0.4, 0.5) is 61.7 Å². The maximum absolute atomic E-state index is 13.6. The third-order valence-corrected chi connectivity index (χ3v) is 16.9. The average Bonchev–Trinajstić information content (AvgIpc) is 1.78. The highest BCUT2D eigenvalue weighted by Crippen LogP contribution is 2.41. The van der Waals surface area contributed by atoms with E-state index >= 15 is 0 Å². The van der Waals surface area contributed by atoms with E-state index in [4.69, 9.17) is 60.6 Å². The van der Waals surface area contributed by atoms with E-state index in [1.807, 2.05) is 56.1 Å². The number of anilines is 6. The van der Waals surface area contributed by atoms with Gasteiger partial charge in [0.1, 0.15) is 57.4 Å². The number of hydrogen-bond acceptors (Lipinski definition) is 22. The van der Waals surface area contributed by atoms with Crippen molar-refractivity contribution in [1.82, 2.24) is 50.1 Å². The van der Waals surface area contributed by atoms with Crippen molar-refractivity contribution < 1.29 is 46.1 Å². The second kappa shape index (κ2) is 35.1. The Morgan fingerprint density at radius 1 is 0.707 bits per heavy atom. The predicted octanol–water partition coefficient (Wildman–Crippen LogP) is 12.8. The molecule has 2 atom stereocenters. The molecule has 4 fully saturated rings. The molecule has 0 aliphatic carbocycles. The molecule has 0 saturated carbocycles. The minimum Gasteiger partial charge on any atom is -0.480 e. The predicted molar refractivity (Wildman–Crippen MR) is 382 cm³/mol. The number of pyridine rings is 2. The molecule has 10 heterocycles. The van der Waals surface area contributed by atoms with E-state index in [0.717, 1.165) is 119 Å². The Morgan fingerprint density at radius 3 is 1.65 bits per heavy atom. The number of alkyl halides is 3. The van der Waals surface area contributed by atoms with Crippen LogP contribution in [0.2, 0.25) is 19.6 Å². The van der Waals surface area contributed by atoms with Gasteiger partial charge in [-0.3, -0.25) is 19.7 Å². The summed E-state index contributed by atoms with van der Waals surface area (Å²) in [5.41, 5.74) is 5.49. The minimum absolute atomic E-state index is 0.0774. The zero-order valence-electron chi connectivity index (χ0n) is 56.2. The number of carbonyl (C=O) groups excluding carboxylic acids is 1. The molecule has 32 heteroatoms. The summed E-state index contributed by atoms with van der Waals surface area (Å²) >= 11 is 8.50. The van der Waals surface area contributed by atoms with Gasteiger partial charge >= 0.3 is 18.2 Å². The lowest BCUT2D eigenvalue weighted by Crippen LogP contribution is -2.48. The Hall–Kier alpha value is -9.09. The first-order valence-electron chi connectivity index (χ1n) is 32.0. The monoisotopic (exact) mass is 1440 g/mol. The van der Waals surface area contributed by atoms with Gasteiger partial charge in [-0.25, -0.2) is 28.3 Å². The summed E-state index contributed by atoms with van der Waals surface area (Å²) in [6, 6.07) is 22.3. The number of halogens is 6. The number of nitrogens with zero attached hydrogens (tertiary/aromatic N) is 13. The van der Waals surface area contributed by atoms with Gasteiger partial charge in [0.2, 0.25) is 17.8 Å². The Bertz CT molecular complexity index is 3990. The maximum atomic E-state index is 13.6. The molecule has 4 aliphatic heterocycles. The number of ether oxygens (including phenoxy) is 2. The van der Waals surface area contributed by atoms with Gasteiger partial charge in [0, 0.05) is 125 Å². The summed E-state index contributed by atoms with van der Waals surface area (Å²) in [7, 11) is 0.457. The number of amides is 1. The van der Waals surface area contributed by atoms with Gasteiger partial charge in [-0.05, 0) is 126 Å². The van der Waals surface area contributed by atoms with Crippen LogP contribution in [0, 0.1) is 23.0 Å². The van der Waals surface area contributed by atoms with Crippen molar-refractivity contribution in [3.63, 3.8) is 0 Å². The van der Waals surface area contributed by atoms with Crippen LogP contribution >= 0.6 is 33.8 Å². The number of nitrogens with one attached hydrogen (secondary N) is 4. The molecule has 99 heavy (non-hydrogen) atoms. The quantitative estimate of drug-likeness (QED) is 0.0408. The third kappa shape index (κ3) is 22.7. The minimum atomic E-state index is -5.08. The molecule has 8 aromatic rings. The highest BCUT2D eigenvalue weighted by molar-refractivity contribution is 7.18. The number of benzene rings is 2. The van der Waals surface area contributed by atoms with Crippen molar-refractivity contribution in [2.24, 2.45) is 0 Å². The fourth-order valence-corrected chi connectivity index (χ4v) is 12.3. The lowest BCUT2D eigenvalue weighted by Gasteiger charge is -2.37. The van der Waals surface area contributed by atoms with Gasteiger partial charge in [0.15, 0.2) is 0 Å². The summed E-state index contributed by atoms with van der Waals surface area (Å²) < 4.78 is 70.3. The number of aliphatic carboxylic acids is 1. The smallest absolute Gasteiger partial charge is 0.480 e. The Balaban J connectivity index is 0.000000212. The number of piperidine rings is 2. The zero-order chi connectivity index (χ0) is 71.4. The van der Waals surface area contributed by atoms with Gasteiger partial charge in [-0.1, -0.05) is 19.6 Å². The largest absolute Gasteiger partial charge is 0.490 e. The fourth-order valence-electron chi connectivity index (χ4n) is 10.6. The van der Waals surface area contributed by atoms with Crippen LogP contribution in [0.1, 0.15) is 53.4 Å². The first-order valence-corrected chi connectivity index (χ1v) is 38.3. The van der Waals surface area contributed by atoms with E-state index in [9.17, 15) is 31.5 Å². The number of carbonyl (C=O) groups is 2. The Morgan fingerprint density at radius 2 is 1.18 bits per heavy atom.